The van der Waals surface area contributed by atoms with E-state index in [0.717, 1.165) is 61.5 Å². The van der Waals surface area contributed by atoms with Gasteiger partial charge in [-0.2, -0.15) is 0 Å². The molecule has 0 aliphatic rings. The third kappa shape index (κ3) is 45.4. The van der Waals surface area contributed by atoms with Crippen LogP contribution in [0.5, 0.6) is 0 Å². The molecule has 0 radical (unpaired) electrons. The Balaban J connectivity index is 0. The zero-order chi connectivity index (χ0) is 29.8. The van der Waals surface area contributed by atoms with Gasteiger partial charge in [0.05, 0.1) is 0 Å². The van der Waals surface area contributed by atoms with Crippen molar-refractivity contribution in [3.63, 3.8) is 0 Å². The molecule has 0 saturated carbocycles. The third-order valence-electron chi connectivity index (χ3n) is 8.04. The van der Waals surface area contributed by atoms with Crippen molar-refractivity contribution in [1.82, 2.24) is 0 Å². The molecule has 0 spiro atoms. The van der Waals surface area contributed by atoms with Crippen LogP contribution in [0.1, 0.15) is 219 Å². The van der Waals surface area contributed by atoms with Crippen LogP contribution in [0.15, 0.2) is 0 Å². The molecule has 0 aliphatic carbocycles. The fraction of sp³-hybridized carbons (Fsp3) is 0.944. The van der Waals surface area contributed by atoms with Crippen molar-refractivity contribution in [2.75, 3.05) is 0 Å². The van der Waals surface area contributed by atoms with E-state index < -0.39 is 5.97 Å². The van der Waals surface area contributed by atoms with Crippen molar-refractivity contribution in [3.05, 3.63) is 0 Å². The predicted molar refractivity (Wildman–Crippen MR) is 175 cm³/mol. The van der Waals surface area contributed by atoms with E-state index >= 15 is 0 Å². The summed E-state index contributed by atoms with van der Waals surface area (Å²) in [6.07, 6.45) is 41.6. The van der Waals surface area contributed by atoms with Crippen molar-refractivity contribution >= 4 is 43.6 Å². The quantitative estimate of drug-likeness (QED) is 0.0578. The first kappa shape index (κ1) is 42.5. The Kier molecular flexibility index (Phi) is 41.9. The first-order valence-corrected chi connectivity index (χ1v) is 19.2. The Bertz CT molecular complexity index is 450. The van der Waals surface area contributed by atoms with Crippen molar-refractivity contribution in [3.8, 4) is 0 Å². The molecule has 0 heterocycles. The van der Waals surface area contributed by atoms with Gasteiger partial charge in [0.1, 0.15) is 0 Å². The second kappa shape index (κ2) is 39.4. The van der Waals surface area contributed by atoms with Crippen LogP contribution < -0.4 is 5.11 Å². The average Bonchev–Trinajstić information content (AvgIpc) is 2.93. The molecule has 0 atom stereocenters. The fourth-order valence-corrected chi connectivity index (χ4v) is 5.72. The van der Waals surface area contributed by atoms with Crippen LogP contribution in [-0.2, 0) is 9.59 Å². The van der Waals surface area contributed by atoms with Gasteiger partial charge < -0.3 is 9.90 Å². The molecule has 0 rings (SSSR count). The first-order chi connectivity index (χ1) is 19.5. The van der Waals surface area contributed by atoms with Gasteiger partial charge in [0, 0.05) is 5.97 Å². The van der Waals surface area contributed by atoms with Crippen LogP contribution in [0.4, 0.5) is 0 Å². The monoisotopic (exact) mass is 590 g/mol. The molecule has 0 bridgehead atoms. The van der Waals surface area contributed by atoms with Crippen LogP contribution >= 0.6 is 0 Å². The molecule has 40 heavy (non-hydrogen) atoms. The molecule has 4 heteroatoms. The zero-order valence-electron chi connectivity index (χ0n) is 27.6. The number of hydrogen-bond donors (Lipinski definition) is 0. The van der Waals surface area contributed by atoms with Gasteiger partial charge in [-0.05, 0) is 12.8 Å². The summed E-state index contributed by atoms with van der Waals surface area (Å²) in [7, 11) is 0. The zero-order valence-corrected chi connectivity index (χ0v) is 29.8. The van der Waals surface area contributed by atoms with Gasteiger partial charge in [-0.3, -0.25) is 0 Å². The molecule has 0 aliphatic heterocycles. The third-order valence-corrected chi connectivity index (χ3v) is 8.60. The minimum absolute atomic E-state index is 0.234. The van der Waals surface area contributed by atoms with Crippen LogP contribution in [-0.4, -0.2) is 43.6 Å². The van der Waals surface area contributed by atoms with E-state index in [4.69, 9.17) is 0 Å². The molecule has 0 saturated heterocycles. The van der Waals surface area contributed by atoms with Crippen LogP contribution in [0.25, 0.3) is 0 Å². The molecule has 0 aromatic rings. The standard InChI is InChI=1S/C18H36O2.C18H35O.Ca/c1-2-3-4-5-6-7-8-9-10-11-12-13-14-15-16-17-18(19)20;1-2-3-4-5-6-7-8-9-10-11-12-13-14-15-16-17-18-19;/h2-17H2,1H3,(H,19,20);2-17H2,1H3;/q;;+1/p-1. The molecular formula is C36H70CaO3. The van der Waals surface area contributed by atoms with E-state index in [0.29, 0.717) is 1.88 Å². The molecule has 234 valence electrons. The number of carboxylic acid groups (broad SMARTS) is 1. The van der Waals surface area contributed by atoms with E-state index in [-0.39, 0.29) is 6.42 Å². The second-order valence-corrected chi connectivity index (χ2v) is 13.5. The number of carbonyl (C=O) groups excluding carboxylic acids is 2. The summed E-state index contributed by atoms with van der Waals surface area (Å²) >= 11 is 0.846. The van der Waals surface area contributed by atoms with Gasteiger partial charge >= 0.3 is 113 Å². The Morgan fingerprint density at radius 2 is 0.575 bits per heavy atom. The number of carboxylic acids is 1. The van der Waals surface area contributed by atoms with Gasteiger partial charge in [-0.15, -0.1) is 0 Å². The fourth-order valence-electron chi connectivity index (χ4n) is 5.33. The number of aliphatic carboxylic acids is 1. The Morgan fingerprint density at radius 3 is 0.775 bits per heavy atom. The second-order valence-electron chi connectivity index (χ2n) is 12.3. The molecule has 0 unspecified atom stereocenters. The van der Waals surface area contributed by atoms with Crippen molar-refractivity contribution in [2.45, 2.75) is 219 Å². The average molecular weight is 591 g/mol. The Labute approximate surface area is 275 Å². The first-order valence-electron chi connectivity index (χ1n) is 18.1. The van der Waals surface area contributed by atoms with E-state index in [2.05, 4.69) is 13.8 Å². The molecule has 0 amide bonds. The van der Waals surface area contributed by atoms with Crippen LogP contribution in [0.3, 0.4) is 0 Å². The molecule has 3 nitrogen and oxygen atoms in total. The molecule has 0 aromatic carbocycles. The van der Waals surface area contributed by atoms with Gasteiger partial charge in [-0.1, -0.05) is 136 Å². The summed E-state index contributed by atoms with van der Waals surface area (Å²) in [5, 5.41) is 10.2. The van der Waals surface area contributed by atoms with E-state index in [9.17, 15) is 14.7 Å². The number of carbonyl (C=O) groups is 2. The Hall–Kier alpha value is 0.400. The number of unbranched alkanes of at least 4 members (excludes halogenated alkanes) is 28. The summed E-state index contributed by atoms with van der Waals surface area (Å²) in [4.78, 5) is 21.1. The number of rotatable bonds is 32. The van der Waals surface area contributed by atoms with Crippen LogP contribution in [0, 0.1) is 0 Å². The number of hydrogen-bond acceptors (Lipinski definition) is 3. The topological polar surface area (TPSA) is 57.2 Å². The molecular weight excluding hydrogens is 520 g/mol. The van der Waals surface area contributed by atoms with Crippen LogP contribution in [0.2, 0.25) is 0 Å². The van der Waals surface area contributed by atoms with Crippen molar-refractivity contribution in [2.24, 2.45) is 0 Å². The van der Waals surface area contributed by atoms with Gasteiger partial charge in [-0.25, -0.2) is 0 Å². The van der Waals surface area contributed by atoms with Crippen molar-refractivity contribution < 1.29 is 14.7 Å². The van der Waals surface area contributed by atoms with E-state index in [1.165, 1.54) is 173 Å². The summed E-state index contributed by atoms with van der Waals surface area (Å²) in [6, 6.07) is 0. The van der Waals surface area contributed by atoms with E-state index in [1.807, 2.05) is 0 Å². The minimum atomic E-state index is -0.903. The molecule has 0 aromatic heterocycles. The van der Waals surface area contributed by atoms with Gasteiger partial charge in [0.2, 0.25) is 0 Å². The predicted octanol–water partition coefficient (Wildman–Crippen LogP) is 10.9. The molecule has 0 fully saturated rings. The molecule has 0 N–H and O–H groups in total. The normalized spacial score (nSPS) is 10.9. The van der Waals surface area contributed by atoms with Gasteiger partial charge in [0.25, 0.3) is 0 Å². The maximum atomic E-state index is 10.8. The summed E-state index contributed by atoms with van der Waals surface area (Å²) < 4.78 is 0.472. The van der Waals surface area contributed by atoms with Crippen molar-refractivity contribution in [1.29, 1.82) is 0 Å². The summed E-state index contributed by atoms with van der Waals surface area (Å²) in [5.41, 5.74) is 0. The summed E-state index contributed by atoms with van der Waals surface area (Å²) in [5.74, 6) is -0.903. The maximum absolute atomic E-state index is 10.8. The van der Waals surface area contributed by atoms with Gasteiger partial charge in [0.15, 0.2) is 0 Å². The Morgan fingerprint density at radius 1 is 0.375 bits per heavy atom. The summed E-state index contributed by atoms with van der Waals surface area (Å²) in [6.45, 7) is 4.55. The van der Waals surface area contributed by atoms with E-state index in [1.54, 1.807) is 0 Å². The SMILES string of the molecule is CCCCCCCCCCCCCCCCCC(=O)[O-].CCCCCCCCCCCCCCCCC[C](=O)[Ca+].